The van der Waals surface area contributed by atoms with E-state index in [0.717, 1.165) is 24.5 Å². The van der Waals surface area contributed by atoms with Gasteiger partial charge in [-0.2, -0.15) is 0 Å². The Kier molecular flexibility index (Phi) is 4.49. The molecule has 1 fully saturated rings. The number of nitrogens with two attached hydrogens (primary N) is 1. The Morgan fingerprint density at radius 1 is 1.67 bits per heavy atom. The molecule has 1 unspecified atom stereocenters. The lowest BCUT2D eigenvalue weighted by Crippen LogP contribution is -2.42. The van der Waals surface area contributed by atoms with Crippen LogP contribution in [0, 0.1) is 0 Å². The number of pyridine rings is 1. The number of hydrogen-bond donors (Lipinski definition) is 2. The molecule has 0 radical (unpaired) electrons. The highest BCUT2D eigenvalue weighted by Gasteiger charge is 2.18. The van der Waals surface area contributed by atoms with Crippen LogP contribution in [0.1, 0.15) is 25.3 Å². The zero-order valence-corrected chi connectivity index (χ0v) is 11.5. The molecule has 1 aromatic heterocycles. The second-order valence-electron chi connectivity index (χ2n) is 4.67. The summed E-state index contributed by atoms with van der Waals surface area (Å²) in [6.07, 6.45) is 4.17. The molecule has 18 heavy (non-hydrogen) atoms. The molecule has 0 amide bonds. The van der Waals surface area contributed by atoms with Crippen molar-refractivity contribution < 1.29 is 0 Å². The van der Waals surface area contributed by atoms with Crippen molar-refractivity contribution in [3.8, 4) is 0 Å². The Hall–Kier alpha value is -1.20. The van der Waals surface area contributed by atoms with Gasteiger partial charge in [0.05, 0.1) is 0 Å². The molecule has 4 nitrogen and oxygen atoms in total. The number of piperidine rings is 1. The Bertz CT molecular complexity index is 421. The van der Waals surface area contributed by atoms with Crippen LogP contribution in [-0.4, -0.2) is 40.5 Å². The van der Waals surface area contributed by atoms with Gasteiger partial charge < -0.3 is 16.0 Å². The first-order valence-electron chi connectivity index (χ1n) is 6.43. The molecule has 1 aliphatic rings. The van der Waals surface area contributed by atoms with Crippen LogP contribution >= 0.6 is 12.2 Å². The molecule has 2 heterocycles. The van der Waals surface area contributed by atoms with Crippen LogP contribution in [-0.2, 0) is 0 Å². The van der Waals surface area contributed by atoms with Gasteiger partial charge in [0.15, 0.2) is 0 Å². The van der Waals surface area contributed by atoms with Crippen molar-refractivity contribution in [3.63, 3.8) is 0 Å². The van der Waals surface area contributed by atoms with Crippen LogP contribution in [0.5, 0.6) is 0 Å². The summed E-state index contributed by atoms with van der Waals surface area (Å²) < 4.78 is 0. The number of hydrogen-bond acceptors (Lipinski definition) is 4. The monoisotopic (exact) mass is 264 g/mol. The molecule has 1 atom stereocenters. The quantitative estimate of drug-likeness (QED) is 0.809. The Morgan fingerprint density at radius 2 is 2.50 bits per heavy atom. The maximum absolute atomic E-state index is 5.63. The number of likely N-dealkylation sites (N-methyl/N-ethyl adjacent to an activating group) is 1. The standard InChI is InChI=1S/C13H20N4S/c1-2-17-7-3-4-11(9-17)16-12-8-10(13(14)18)5-6-15-12/h5-6,8,11H,2-4,7,9H2,1H3,(H2,14,18)(H,15,16). The molecule has 0 spiro atoms. The highest BCUT2D eigenvalue weighted by molar-refractivity contribution is 7.80. The molecule has 1 saturated heterocycles. The van der Waals surface area contributed by atoms with Crippen molar-refractivity contribution in [2.45, 2.75) is 25.8 Å². The van der Waals surface area contributed by atoms with Crippen molar-refractivity contribution in [3.05, 3.63) is 23.9 Å². The van der Waals surface area contributed by atoms with E-state index in [1.165, 1.54) is 19.4 Å². The van der Waals surface area contributed by atoms with Crippen LogP contribution in [0.4, 0.5) is 5.82 Å². The van der Waals surface area contributed by atoms with E-state index in [4.69, 9.17) is 18.0 Å². The lowest BCUT2D eigenvalue weighted by molar-refractivity contribution is 0.226. The summed E-state index contributed by atoms with van der Waals surface area (Å²) in [5.74, 6) is 0.864. The van der Waals surface area contributed by atoms with Crippen LogP contribution in [0.25, 0.3) is 0 Å². The molecule has 0 aromatic carbocycles. The predicted molar refractivity (Wildman–Crippen MR) is 78.9 cm³/mol. The largest absolute Gasteiger partial charge is 0.389 e. The number of aromatic nitrogens is 1. The zero-order valence-electron chi connectivity index (χ0n) is 10.7. The third-order valence-corrected chi connectivity index (χ3v) is 3.58. The van der Waals surface area contributed by atoms with E-state index in [0.29, 0.717) is 11.0 Å². The molecule has 0 bridgehead atoms. The fourth-order valence-electron chi connectivity index (χ4n) is 2.33. The molecular formula is C13H20N4S. The van der Waals surface area contributed by atoms with Gasteiger partial charge in [0.1, 0.15) is 10.8 Å². The van der Waals surface area contributed by atoms with E-state index in [-0.39, 0.29) is 0 Å². The van der Waals surface area contributed by atoms with Crippen LogP contribution < -0.4 is 11.1 Å². The smallest absolute Gasteiger partial charge is 0.126 e. The third kappa shape index (κ3) is 3.40. The van der Waals surface area contributed by atoms with Gasteiger partial charge in [-0.05, 0) is 38.1 Å². The highest BCUT2D eigenvalue weighted by Crippen LogP contribution is 2.15. The Labute approximate surface area is 114 Å². The van der Waals surface area contributed by atoms with Gasteiger partial charge in [-0.3, -0.25) is 0 Å². The molecule has 0 aliphatic carbocycles. The first-order valence-corrected chi connectivity index (χ1v) is 6.84. The van der Waals surface area contributed by atoms with Gasteiger partial charge >= 0.3 is 0 Å². The lowest BCUT2D eigenvalue weighted by atomic mass is 10.1. The van der Waals surface area contributed by atoms with E-state index < -0.39 is 0 Å². The summed E-state index contributed by atoms with van der Waals surface area (Å²) in [5.41, 5.74) is 6.49. The number of thiocarbonyl (C=S) groups is 1. The number of nitrogens with zero attached hydrogens (tertiary/aromatic N) is 2. The minimum Gasteiger partial charge on any atom is -0.389 e. The number of nitrogens with one attached hydrogen (secondary N) is 1. The summed E-state index contributed by atoms with van der Waals surface area (Å²) in [6, 6.07) is 4.23. The molecule has 1 aliphatic heterocycles. The molecule has 5 heteroatoms. The minimum absolute atomic E-state index is 0.416. The summed E-state index contributed by atoms with van der Waals surface area (Å²) in [5, 5.41) is 3.47. The fraction of sp³-hybridized carbons (Fsp3) is 0.538. The van der Waals surface area contributed by atoms with Crippen molar-refractivity contribution >= 4 is 23.0 Å². The van der Waals surface area contributed by atoms with E-state index in [1.54, 1.807) is 6.20 Å². The fourth-order valence-corrected chi connectivity index (χ4v) is 2.46. The summed E-state index contributed by atoms with van der Waals surface area (Å²) in [6.45, 7) is 5.59. The molecule has 0 saturated carbocycles. The second kappa shape index (κ2) is 6.11. The summed E-state index contributed by atoms with van der Waals surface area (Å²) >= 11 is 4.98. The van der Waals surface area contributed by atoms with Crippen molar-refractivity contribution in [1.82, 2.24) is 9.88 Å². The van der Waals surface area contributed by atoms with Crippen molar-refractivity contribution in [2.24, 2.45) is 5.73 Å². The van der Waals surface area contributed by atoms with Gasteiger partial charge in [-0.25, -0.2) is 4.98 Å². The van der Waals surface area contributed by atoms with Gasteiger partial charge in [-0.15, -0.1) is 0 Å². The second-order valence-corrected chi connectivity index (χ2v) is 5.11. The molecular weight excluding hydrogens is 244 g/mol. The number of likely N-dealkylation sites (tertiary alicyclic amines) is 1. The summed E-state index contributed by atoms with van der Waals surface area (Å²) in [7, 11) is 0. The van der Waals surface area contributed by atoms with Crippen molar-refractivity contribution in [1.29, 1.82) is 0 Å². The maximum atomic E-state index is 5.63. The van der Waals surface area contributed by atoms with E-state index in [9.17, 15) is 0 Å². The van der Waals surface area contributed by atoms with Crippen LogP contribution in [0.15, 0.2) is 18.3 Å². The average molecular weight is 264 g/mol. The van der Waals surface area contributed by atoms with Crippen LogP contribution in [0.3, 0.4) is 0 Å². The maximum Gasteiger partial charge on any atom is 0.126 e. The van der Waals surface area contributed by atoms with Gasteiger partial charge in [-0.1, -0.05) is 19.1 Å². The lowest BCUT2D eigenvalue weighted by Gasteiger charge is -2.32. The topological polar surface area (TPSA) is 54.2 Å². The Balaban J connectivity index is 2.00. The molecule has 98 valence electrons. The normalized spacial score (nSPS) is 20.6. The van der Waals surface area contributed by atoms with E-state index >= 15 is 0 Å². The molecule has 1 aromatic rings. The van der Waals surface area contributed by atoms with Gasteiger partial charge in [0, 0.05) is 24.3 Å². The van der Waals surface area contributed by atoms with Crippen LogP contribution in [0.2, 0.25) is 0 Å². The number of rotatable bonds is 4. The van der Waals surface area contributed by atoms with E-state index in [2.05, 4.69) is 22.1 Å². The highest BCUT2D eigenvalue weighted by atomic mass is 32.1. The molecule has 3 N–H and O–H groups in total. The Morgan fingerprint density at radius 3 is 3.22 bits per heavy atom. The first kappa shape index (κ1) is 13.2. The predicted octanol–water partition coefficient (Wildman–Crippen LogP) is 1.61. The summed E-state index contributed by atoms with van der Waals surface area (Å²) in [4.78, 5) is 7.19. The van der Waals surface area contributed by atoms with Crippen molar-refractivity contribution in [2.75, 3.05) is 25.0 Å². The third-order valence-electron chi connectivity index (χ3n) is 3.35. The molecule has 2 rings (SSSR count). The van der Waals surface area contributed by atoms with Gasteiger partial charge in [0.25, 0.3) is 0 Å². The first-order chi connectivity index (χ1) is 8.69. The average Bonchev–Trinajstić information content (AvgIpc) is 2.39. The minimum atomic E-state index is 0.416. The number of anilines is 1. The zero-order chi connectivity index (χ0) is 13.0. The van der Waals surface area contributed by atoms with E-state index in [1.807, 2.05) is 12.1 Å². The van der Waals surface area contributed by atoms with Gasteiger partial charge in [0.2, 0.25) is 0 Å². The SMILES string of the molecule is CCN1CCCC(Nc2cc(C(N)=S)ccn2)C1.